The highest BCUT2D eigenvalue weighted by Gasteiger charge is 2.17. The van der Waals surface area contributed by atoms with Crippen LogP contribution in [0.25, 0.3) is 10.2 Å². The molecule has 34 heavy (non-hydrogen) atoms. The number of carbonyl (C=O) groups is 1. The summed E-state index contributed by atoms with van der Waals surface area (Å²) in [5, 5.41) is 3.94. The van der Waals surface area contributed by atoms with Gasteiger partial charge in [-0.2, -0.15) is 13.5 Å². The Bertz CT molecular complexity index is 1400. The Balaban J connectivity index is 1.32. The highest BCUT2D eigenvalue weighted by atomic mass is 32.2. The summed E-state index contributed by atoms with van der Waals surface area (Å²) < 4.78 is 37.1. The monoisotopic (exact) mass is 513 g/mol. The fourth-order valence-electron chi connectivity index (χ4n) is 2.82. The number of amides is 1. The number of fused-ring (bicyclic) bond motifs is 1. The van der Waals surface area contributed by atoms with Gasteiger partial charge in [-0.3, -0.25) is 4.79 Å². The molecule has 174 valence electrons. The van der Waals surface area contributed by atoms with Crippen LogP contribution in [0.4, 0.5) is 0 Å². The van der Waals surface area contributed by atoms with Gasteiger partial charge in [-0.15, -0.1) is 11.3 Å². The fraction of sp³-hybridized carbons (Fsp3) is 0.0870. The van der Waals surface area contributed by atoms with E-state index >= 15 is 0 Å². The van der Waals surface area contributed by atoms with Gasteiger partial charge >= 0.3 is 10.1 Å². The molecule has 0 aliphatic rings. The maximum atomic E-state index is 12.5. The van der Waals surface area contributed by atoms with Gasteiger partial charge in [0.2, 0.25) is 0 Å². The van der Waals surface area contributed by atoms with E-state index in [4.69, 9.17) is 8.92 Å². The van der Waals surface area contributed by atoms with Gasteiger partial charge < -0.3 is 8.92 Å². The van der Waals surface area contributed by atoms with Crippen LogP contribution in [0, 0.1) is 0 Å². The first kappa shape index (κ1) is 23.7. The molecule has 8 nitrogen and oxygen atoms in total. The van der Waals surface area contributed by atoms with Crippen LogP contribution in [-0.2, 0) is 14.9 Å². The number of carbonyl (C=O) groups excluding carboxylic acids is 1. The number of hydrogen-bond donors (Lipinski definition) is 1. The van der Waals surface area contributed by atoms with Crippen molar-refractivity contribution in [3.05, 3.63) is 78.4 Å². The lowest BCUT2D eigenvalue weighted by molar-refractivity contribution is -0.118. The lowest BCUT2D eigenvalue weighted by Gasteiger charge is -2.08. The van der Waals surface area contributed by atoms with E-state index in [1.165, 1.54) is 72.8 Å². The summed E-state index contributed by atoms with van der Waals surface area (Å²) >= 11 is 2.87. The number of nitrogens with one attached hydrogen (secondary N) is 1. The Labute approximate surface area is 204 Å². The third-order valence-corrected chi connectivity index (χ3v) is 7.86. The number of nitrogens with zero attached hydrogens (tertiary/aromatic N) is 2. The molecular weight excluding hydrogens is 494 g/mol. The van der Waals surface area contributed by atoms with E-state index in [2.05, 4.69) is 15.5 Å². The number of ether oxygens (including phenoxy) is 1. The average Bonchev–Trinajstić information content (AvgIpc) is 3.26. The molecule has 1 aromatic heterocycles. The van der Waals surface area contributed by atoms with Crippen LogP contribution in [0.1, 0.15) is 5.56 Å². The van der Waals surface area contributed by atoms with Crippen LogP contribution in [-0.4, -0.2) is 38.4 Å². The Morgan fingerprint density at radius 3 is 2.65 bits per heavy atom. The first-order chi connectivity index (χ1) is 16.4. The van der Waals surface area contributed by atoms with E-state index in [0.29, 0.717) is 11.3 Å². The number of hydrogen-bond acceptors (Lipinski definition) is 9. The summed E-state index contributed by atoms with van der Waals surface area (Å²) in [6.07, 6.45) is 1.41. The van der Waals surface area contributed by atoms with Crippen molar-refractivity contribution in [3.63, 3.8) is 0 Å². The molecule has 1 N–H and O–H groups in total. The molecule has 0 aliphatic heterocycles. The molecule has 0 saturated heterocycles. The molecule has 3 aromatic carbocycles. The zero-order valence-corrected chi connectivity index (χ0v) is 20.3. The molecule has 0 atom stereocenters. The van der Waals surface area contributed by atoms with Gasteiger partial charge in [0.1, 0.15) is 16.4 Å². The smallest absolute Gasteiger partial charge is 0.339 e. The van der Waals surface area contributed by atoms with Crippen molar-refractivity contribution < 1.29 is 22.1 Å². The van der Waals surface area contributed by atoms with E-state index in [0.717, 1.165) is 14.6 Å². The largest absolute Gasteiger partial charge is 0.497 e. The van der Waals surface area contributed by atoms with Crippen molar-refractivity contribution in [2.24, 2.45) is 5.10 Å². The van der Waals surface area contributed by atoms with Gasteiger partial charge in [0, 0.05) is 0 Å². The van der Waals surface area contributed by atoms with Crippen molar-refractivity contribution in [2.75, 3.05) is 12.9 Å². The van der Waals surface area contributed by atoms with E-state index in [-0.39, 0.29) is 22.3 Å². The SMILES string of the molecule is COc1ccc(S(=O)(=O)Oc2cccc(/C=N\NC(=O)CSc3nc4ccccc4s3)c2)cc1. The molecule has 0 radical (unpaired) electrons. The van der Waals surface area contributed by atoms with Crippen LogP contribution < -0.4 is 14.3 Å². The van der Waals surface area contributed by atoms with Crippen LogP contribution in [0.3, 0.4) is 0 Å². The minimum absolute atomic E-state index is 0.00487. The van der Waals surface area contributed by atoms with E-state index in [9.17, 15) is 13.2 Å². The Kier molecular flexibility index (Phi) is 7.46. The second-order valence-electron chi connectivity index (χ2n) is 6.81. The number of benzene rings is 3. The van der Waals surface area contributed by atoms with Gasteiger partial charge in [0.15, 0.2) is 4.34 Å². The number of para-hydroxylation sites is 1. The summed E-state index contributed by atoms with van der Waals surface area (Å²) in [6.45, 7) is 0. The van der Waals surface area contributed by atoms with Crippen LogP contribution in [0.15, 0.2) is 87.1 Å². The zero-order chi connectivity index (χ0) is 24.0. The number of thiazole rings is 1. The van der Waals surface area contributed by atoms with Crippen LogP contribution >= 0.6 is 23.1 Å². The van der Waals surface area contributed by atoms with Crippen molar-refractivity contribution in [3.8, 4) is 11.5 Å². The maximum Gasteiger partial charge on any atom is 0.339 e. The molecule has 11 heteroatoms. The molecule has 1 heterocycles. The van der Waals surface area contributed by atoms with E-state index < -0.39 is 10.1 Å². The third kappa shape index (κ3) is 6.13. The second-order valence-corrected chi connectivity index (χ2v) is 10.6. The number of rotatable bonds is 9. The second kappa shape index (κ2) is 10.7. The molecule has 0 saturated carbocycles. The number of methoxy groups -OCH3 is 1. The van der Waals surface area contributed by atoms with Crippen molar-refractivity contribution in [1.29, 1.82) is 0 Å². The normalized spacial score (nSPS) is 11.6. The predicted octanol–water partition coefficient (Wildman–Crippen LogP) is 4.32. The Morgan fingerprint density at radius 1 is 1.09 bits per heavy atom. The summed E-state index contributed by atoms with van der Waals surface area (Å²) in [7, 11) is -2.51. The van der Waals surface area contributed by atoms with Crippen molar-refractivity contribution in [1.82, 2.24) is 10.4 Å². The molecule has 0 fully saturated rings. The highest BCUT2D eigenvalue weighted by Crippen LogP contribution is 2.29. The van der Waals surface area contributed by atoms with Crippen molar-refractivity contribution >= 4 is 55.6 Å². The fourth-order valence-corrected chi connectivity index (χ4v) is 5.60. The van der Waals surface area contributed by atoms with Crippen LogP contribution in [0.2, 0.25) is 0 Å². The third-order valence-electron chi connectivity index (χ3n) is 4.42. The van der Waals surface area contributed by atoms with Gasteiger partial charge in [-0.1, -0.05) is 36.0 Å². The Hall–Kier alpha value is -3.41. The molecule has 0 spiro atoms. The summed E-state index contributed by atoms with van der Waals surface area (Å²) in [5.74, 6) is 0.547. The quantitative estimate of drug-likeness (QED) is 0.154. The van der Waals surface area contributed by atoms with Gasteiger partial charge in [0.05, 0.1) is 29.3 Å². The van der Waals surface area contributed by atoms with Gasteiger partial charge in [0.25, 0.3) is 5.91 Å². The minimum atomic E-state index is -4.01. The number of aromatic nitrogens is 1. The first-order valence-corrected chi connectivity index (χ1v) is 13.1. The molecule has 4 aromatic rings. The summed E-state index contributed by atoms with van der Waals surface area (Å²) in [5.41, 5.74) is 3.92. The van der Waals surface area contributed by atoms with E-state index in [1.807, 2.05) is 24.3 Å². The predicted molar refractivity (Wildman–Crippen MR) is 133 cm³/mol. The average molecular weight is 514 g/mol. The molecule has 0 aliphatic carbocycles. The molecular formula is C23H19N3O5S3. The molecule has 4 rings (SSSR count). The topological polar surface area (TPSA) is 107 Å². The first-order valence-electron chi connectivity index (χ1n) is 9.92. The maximum absolute atomic E-state index is 12.5. The summed E-state index contributed by atoms with van der Waals surface area (Å²) in [6, 6.07) is 20.0. The lowest BCUT2D eigenvalue weighted by atomic mass is 10.2. The minimum Gasteiger partial charge on any atom is -0.497 e. The van der Waals surface area contributed by atoms with Gasteiger partial charge in [-0.05, 0) is 54.1 Å². The standard InChI is InChI=1S/C23H19N3O5S3/c1-30-17-9-11-19(12-10-17)34(28,29)31-18-6-4-5-16(13-18)14-24-26-22(27)15-32-23-25-20-7-2-3-8-21(20)33-23/h2-14H,15H2,1H3,(H,26,27)/b24-14-. The number of hydrazone groups is 1. The molecule has 1 amide bonds. The highest BCUT2D eigenvalue weighted by molar-refractivity contribution is 8.01. The lowest BCUT2D eigenvalue weighted by Crippen LogP contribution is -2.19. The molecule has 0 unspecified atom stereocenters. The number of thioether (sulfide) groups is 1. The van der Waals surface area contributed by atoms with E-state index in [1.54, 1.807) is 12.1 Å². The van der Waals surface area contributed by atoms with Crippen LogP contribution in [0.5, 0.6) is 11.5 Å². The van der Waals surface area contributed by atoms with Crippen molar-refractivity contribution in [2.45, 2.75) is 9.24 Å². The zero-order valence-electron chi connectivity index (χ0n) is 17.9. The van der Waals surface area contributed by atoms with Gasteiger partial charge in [-0.25, -0.2) is 10.4 Å². The molecule has 0 bridgehead atoms. The summed E-state index contributed by atoms with van der Waals surface area (Å²) in [4.78, 5) is 16.6. The Morgan fingerprint density at radius 2 is 1.88 bits per heavy atom.